The molecule has 1 aliphatic rings. The third-order valence-corrected chi connectivity index (χ3v) is 6.23. The van der Waals surface area contributed by atoms with Gasteiger partial charge in [-0.05, 0) is 74.7 Å². The van der Waals surface area contributed by atoms with E-state index >= 15 is 0 Å². The van der Waals surface area contributed by atoms with Gasteiger partial charge >= 0.3 is 5.97 Å². The van der Waals surface area contributed by atoms with E-state index in [4.69, 9.17) is 4.74 Å². The Morgan fingerprint density at radius 2 is 1.74 bits per heavy atom. The van der Waals surface area contributed by atoms with Crippen molar-refractivity contribution in [3.05, 3.63) is 88.5 Å². The number of esters is 1. The largest absolute Gasteiger partial charge is 0.454 e. The first-order valence-corrected chi connectivity index (χ1v) is 11.4. The zero-order valence-corrected chi connectivity index (χ0v) is 19.3. The number of ketones is 1. The first-order chi connectivity index (χ1) is 16.3. The Morgan fingerprint density at radius 1 is 1.03 bits per heavy atom. The molecule has 0 atom stereocenters. The number of ether oxygens (including phenoxy) is 1. The third kappa shape index (κ3) is 5.09. The molecule has 2 heterocycles. The van der Waals surface area contributed by atoms with Crippen LogP contribution < -0.4 is 4.90 Å². The monoisotopic (exact) mass is 462 g/mol. The number of hydrogen-bond acceptors (Lipinski definition) is 4. The Balaban J connectivity index is 1.35. The highest BCUT2D eigenvalue weighted by atomic mass is 19.1. The Hall–Kier alpha value is -3.74. The molecule has 4 rings (SSSR count). The lowest BCUT2D eigenvalue weighted by Gasteiger charge is -2.15. The van der Waals surface area contributed by atoms with Gasteiger partial charge in [-0.25, -0.2) is 9.18 Å². The van der Waals surface area contributed by atoms with Crippen LogP contribution in [-0.2, 0) is 22.5 Å². The lowest BCUT2D eigenvalue weighted by atomic mass is 10.1. The highest BCUT2D eigenvalue weighted by molar-refractivity contribution is 6.00. The highest BCUT2D eigenvalue weighted by Gasteiger charge is 2.22. The van der Waals surface area contributed by atoms with Crippen LogP contribution in [0.2, 0.25) is 0 Å². The average molecular weight is 463 g/mol. The van der Waals surface area contributed by atoms with Gasteiger partial charge in [0.15, 0.2) is 6.61 Å². The van der Waals surface area contributed by atoms with E-state index in [1.165, 1.54) is 12.1 Å². The number of carbonyl (C=O) groups is 3. The van der Waals surface area contributed by atoms with Crippen molar-refractivity contribution in [1.82, 2.24) is 4.57 Å². The maximum absolute atomic E-state index is 13.1. The molecule has 0 spiro atoms. The van der Waals surface area contributed by atoms with E-state index in [-0.39, 0.29) is 24.1 Å². The maximum Gasteiger partial charge on any atom is 0.338 e. The highest BCUT2D eigenvalue weighted by Crippen LogP contribution is 2.22. The predicted molar refractivity (Wildman–Crippen MR) is 127 cm³/mol. The van der Waals surface area contributed by atoms with Gasteiger partial charge in [-0.2, -0.15) is 0 Å². The predicted octanol–water partition coefficient (Wildman–Crippen LogP) is 4.65. The van der Waals surface area contributed by atoms with Gasteiger partial charge in [-0.1, -0.05) is 12.1 Å². The number of halogens is 1. The molecule has 2 aromatic carbocycles. The molecule has 0 aliphatic carbocycles. The molecule has 34 heavy (non-hydrogen) atoms. The van der Waals surface area contributed by atoms with Crippen molar-refractivity contribution in [3.8, 4) is 0 Å². The summed E-state index contributed by atoms with van der Waals surface area (Å²) in [5.41, 5.74) is 4.35. The van der Waals surface area contributed by atoms with Gasteiger partial charge in [0.2, 0.25) is 11.7 Å². The molecule has 1 saturated heterocycles. The molecular formula is C27H27FN2O4. The van der Waals surface area contributed by atoms with E-state index in [1.54, 1.807) is 47.4 Å². The number of aromatic nitrogens is 1. The number of Topliss-reactive ketones (excluding diaryl/α,β-unsaturated/α-hetero) is 1. The van der Waals surface area contributed by atoms with Crippen LogP contribution in [0.1, 0.15) is 50.5 Å². The number of rotatable bonds is 8. The number of hydrogen-bond donors (Lipinski definition) is 0. The van der Waals surface area contributed by atoms with Crippen LogP contribution in [0, 0.1) is 19.7 Å². The second-order valence-corrected chi connectivity index (χ2v) is 8.51. The lowest BCUT2D eigenvalue weighted by molar-refractivity contribution is -0.117. The number of nitrogens with zero attached hydrogens (tertiary/aromatic N) is 2. The SMILES string of the molecule is Cc1cc(C(=O)COC(=O)c2ccc(N3CCCC3=O)cc2)c(C)n1CCc1ccc(F)cc1. The maximum atomic E-state index is 13.1. The third-order valence-electron chi connectivity index (χ3n) is 6.23. The fourth-order valence-corrected chi connectivity index (χ4v) is 4.31. The Morgan fingerprint density at radius 3 is 2.38 bits per heavy atom. The van der Waals surface area contributed by atoms with Crippen molar-refractivity contribution in [3.63, 3.8) is 0 Å². The van der Waals surface area contributed by atoms with Crippen molar-refractivity contribution in [2.24, 2.45) is 0 Å². The topological polar surface area (TPSA) is 68.6 Å². The van der Waals surface area contributed by atoms with Crippen molar-refractivity contribution in [2.75, 3.05) is 18.1 Å². The quantitative estimate of drug-likeness (QED) is 0.361. The molecule has 1 amide bonds. The molecule has 0 bridgehead atoms. The molecule has 7 heteroatoms. The Labute approximate surface area is 197 Å². The minimum absolute atomic E-state index is 0.0798. The van der Waals surface area contributed by atoms with Crippen LogP contribution in [0.15, 0.2) is 54.6 Å². The summed E-state index contributed by atoms with van der Waals surface area (Å²) in [5, 5.41) is 0. The van der Waals surface area contributed by atoms with Crippen molar-refractivity contribution in [2.45, 2.75) is 39.7 Å². The van der Waals surface area contributed by atoms with E-state index in [9.17, 15) is 18.8 Å². The molecule has 1 fully saturated rings. The fourth-order valence-electron chi connectivity index (χ4n) is 4.31. The smallest absolute Gasteiger partial charge is 0.338 e. The van der Waals surface area contributed by atoms with Gasteiger partial charge in [-0.3, -0.25) is 9.59 Å². The zero-order valence-electron chi connectivity index (χ0n) is 19.3. The van der Waals surface area contributed by atoms with Gasteiger partial charge < -0.3 is 14.2 Å². The van der Waals surface area contributed by atoms with E-state index in [2.05, 4.69) is 0 Å². The van der Waals surface area contributed by atoms with Crippen LogP contribution in [0.4, 0.5) is 10.1 Å². The second-order valence-electron chi connectivity index (χ2n) is 8.51. The van der Waals surface area contributed by atoms with Crippen LogP contribution in [-0.4, -0.2) is 35.4 Å². The number of carbonyl (C=O) groups excluding carboxylic acids is 3. The van der Waals surface area contributed by atoms with E-state index in [0.29, 0.717) is 37.1 Å². The van der Waals surface area contributed by atoms with Gasteiger partial charge in [0.05, 0.1) is 5.56 Å². The summed E-state index contributed by atoms with van der Waals surface area (Å²) in [4.78, 5) is 38.8. The zero-order chi connectivity index (χ0) is 24.2. The molecule has 0 N–H and O–H groups in total. The first-order valence-electron chi connectivity index (χ1n) is 11.4. The minimum atomic E-state index is -0.585. The summed E-state index contributed by atoms with van der Waals surface area (Å²) in [7, 11) is 0. The molecule has 3 aromatic rings. The van der Waals surface area contributed by atoms with Crippen molar-refractivity contribution in [1.29, 1.82) is 0 Å². The minimum Gasteiger partial charge on any atom is -0.454 e. The average Bonchev–Trinajstić information content (AvgIpc) is 3.39. The van der Waals surface area contributed by atoms with Gasteiger partial charge in [0.25, 0.3) is 0 Å². The molecular weight excluding hydrogens is 435 g/mol. The lowest BCUT2D eigenvalue weighted by Crippen LogP contribution is -2.23. The van der Waals surface area contributed by atoms with E-state index in [1.807, 2.05) is 18.4 Å². The van der Waals surface area contributed by atoms with E-state index in [0.717, 1.165) is 29.1 Å². The van der Waals surface area contributed by atoms with Gasteiger partial charge in [0, 0.05) is 42.1 Å². The molecule has 1 aromatic heterocycles. The number of aryl methyl sites for hydroxylation is 2. The van der Waals surface area contributed by atoms with Gasteiger partial charge in [-0.15, -0.1) is 0 Å². The number of benzene rings is 2. The fraction of sp³-hybridized carbons (Fsp3) is 0.296. The summed E-state index contributed by atoms with van der Waals surface area (Å²) in [5.74, 6) is -1.04. The van der Waals surface area contributed by atoms with Crippen molar-refractivity contribution < 1.29 is 23.5 Å². The standard InChI is InChI=1S/C27H27FN2O4/c1-18-16-24(19(2)29(18)15-13-20-5-9-22(28)10-6-20)25(31)17-34-27(33)21-7-11-23(12-8-21)30-14-3-4-26(30)32/h5-12,16H,3-4,13-15,17H2,1-2H3. The first kappa shape index (κ1) is 23.4. The van der Waals surface area contributed by atoms with E-state index < -0.39 is 5.97 Å². The number of anilines is 1. The van der Waals surface area contributed by atoms with Crippen molar-refractivity contribution >= 4 is 23.3 Å². The number of amides is 1. The molecule has 0 unspecified atom stereocenters. The summed E-state index contributed by atoms with van der Waals surface area (Å²) >= 11 is 0. The van der Waals surface area contributed by atoms with Crippen LogP contribution in [0.5, 0.6) is 0 Å². The van der Waals surface area contributed by atoms with Crippen LogP contribution in [0.3, 0.4) is 0 Å². The molecule has 1 aliphatic heterocycles. The molecule has 0 radical (unpaired) electrons. The molecule has 6 nitrogen and oxygen atoms in total. The summed E-state index contributed by atoms with van der Waals surface area (Å²) < 4.78 is 20.4. The Bertz CT molecular complexity index is 1210. The molecule has 0 saturated carbocycles. The summed E-state index contributed by atoms with van der Waals surface area (Å²) in [6.45, 7) is 4.77. The summed E-state index contributed by atoms with van der Waals surface area (Å²) in [6.07, 6.45) is 2.08. The second kappa shape index (κ2) is 10.0. The van der Waals surface area contributed by atoms with Crippen LogP contribution in [0.25, 0.3) is 0 Å². The van der Waals surface area contributed by atoms with Crippen LogP contribution >= 0.6 is 0 Å². The molecule has 176 valence electrons. The normalized spacial score (nSPS) is 13.4. The van der Waals surface area contributed by atoms with Gasteiger partial charge in [0.1, 0.15) is 5.82 Å². The Kier molecular flexibility index (Phi) is 6.91. The summed E-state index contributed by atoms with van der Waals surface area (Å²) in [6, 6.07) is 14.8.